The van der Waals surface area contributed by atoms with Gasteiger partial charge in [-0.2, -0.15) is 5.10 Å². The molecule has 124 valence electrons. The number of hydrogen-bond acceptors (Lipinski definition) is 6. The standard InChI is InChI=1S/C17H13N5O2S/c1-24-10-5-6-12-11(8-10)15(22-21-12)16(23)20-17-19-9-14(25-17)13-4-2-3-7-18-13/h2-9H,1H3,(H,21,22)(H,19,20,23). The van der Waals surface area contributed by atoms with Gasteiger partial charge >= 0.3 is 0 Å². The Morgan fingerprint density at radius 3 is 2.96 bits per heavy atom. The Hall–Kier alpha value is -3.26. The van der Waals surface area contributed by atoms with E-state index < -0.39 is 0 Å². The van der Waals surface area contributed by atoms with Gasteiger partial charge in [0.15, 0.2) is 10.8 Å². The van der Waals surface area contributed by atoms with Crippen molar-refractivity contribution in [2.45, 2.75) is 0 Å². The third-order valence-corrected chi connectivity index (χ3v) is 4.56. The lowest BCUT2D eigenvalue weighted by Crippen LogP contribution is -2.12. The first-order chi connectivity index (χ1) is 12.2. The molecule has 3 heterocycles. The number of carbonyl (C=O) groups is 1. The molecule has 0 bridgehead atoms. The second-order valence-electron chi connectivity index (χ2n) is 5.18. The smallest absolute Gasteiger partial charge is 0.278 e. The molecule has 0 saturated carbocycles. The van der Waals surface area contributed by atoms with Crippen LogP contribution in [0.1, 0.15) is 10.5 Å². The molecule has 8 heteroatoms. The van der Waals surface area contributed by atoms with Crippen molar-refractivity contribution in [2.24, 2.45) is 0 Å². The van der Waals surface area contributed by atoms with Crippen LogP contribution in [0.15, 0.2) is 48.8 Å². The highest BCUT2D eigenvalue weighted by molar-refractivity contribution is 7.19. The van der Waals surface area contributed by atoms with Gasteiger partial charge in [0.25, 0.3) is 5.91 Å². The summed E-state index contributed by atoms with van der Waals surface area (Å²) in [5, 5.41) is 10.9. The molecule has 2 N–H and O–H groups in total. The SMILES string of the molecule is COc1ccc2[nH]nc(C(=O)Nc3ncc(-c4ccccn4)s3)c2c1. The van der Waals surface area contributed by atoms with E-state index in [9.17, 15) is 4.79 Å². The predicted octanol–water partition coefficient (Wildman–Crippen LogP) is 3.34. The van der Waals surface area contributed by atoms with Crippen molar-refractivity contribution in [1.82, 2.24) is 20.2 Å². The molecule has 0 atom stereocenters. The average Bonchev–Trinajstić information content (AvgIpc) is 3.28. The summed E-state index contributed by atoms with van der Waals surface area (Å²) in [6.07, 6.45) is 3.41. The third kappa shape index (κ3) is 2.94. The summed E-state index contributed by atoms with van der Waals surface area (Å²) in [6.45, 7) is 0. The van der Waals surface area contributed by atoms with Crippen LogP contribution in [0.25, 0.3) is 21.5 Å². The first-order valence-corrected chi connectivity index (χ1v) is 8.27. The molecule has 25 heavy (non-hydrogen) atoms. The lowest BCUT2D eigenvalue weighted by atomic mass is 10.2. The number of fused-ring (bicyclic) bond motifs is 1. The number of nitrogens with one attached hydrogen (secondary N) is 2. The number of anilines is 1. The van der Waals surface area contributed by atoms with Crippen molar-refractivity contribution in [1.29, 1.82) is 0 Å². The van der Waals surface area contributed by atoms with Crippen LogP contribution in [-0.4, -0.2) is 33.2 Å². The number of aromatic amines is 1. The van der Waals surface area contributed by atoms with Gasteiger partial charge in [-0.25, -0.2) is 4.98 Å². The van der Waals surface area contributed by atoms with E-state index in [0.717, 1.165) is 16.1 Å². The maximum absolute atomic E-state index is 12.6. The zero-order valence-electron chi connectivity index (χ0n) is 13.2. The Morgan fingerprint density at radius 2 is 2.16 bits per heavy atom. The van der Waals surface area contributed by atoms with Gasteiger partial charge in [-0.05, 0) is 30.3 Å². The number of ether oxygens (including phenoxy) is 1. The number of pyridine rings is 1. The molecule has 0 saturated heterocycles. The van der Waals surface area contributed by atoms with Crippen molar-refractivity contribution < 1.29 is 9.53 Å². The minimum atomic E-state index is -0.332. The van der Waals surface area contributed by atoms with Gasteiger partial charge in [-0.15, -0.1) is 0 Å². The Morgan fingerprint density at radius 1 is 1.24 bits per heavy atom. The van der Waals surface area contributed by atoms with E-state index >= 15 is 0 Å². The fraction of sp³-hybridized carbons (Fsp3) is 0.0588. The first-order valence-electron chi connectivity index (χ1n) is 7.45. The molecule has 4 aromatic rings. The Kier molecular flexibility index (Phi) is 3.87. The maximum Gasteiger partial charge on any atom is 0.278 e. The topological polar surface area (TPSA) is 92.8 Å². The molecule has 0 spiro atoms. The second-order valence-corrected chi connectivity index (χ2v) is 6.21. The highest BCUT2D eigenvalue weighted by Gasteiger charge is 2.17. The van der Waals surface area contributed by atoms with Crippen LogP contribution in [0.5, 0.6) is 5.75 Å². The highest BCUT2D eigenvalue weighted by Crippen LogP contribution is 2.28. The summed E-state index contributed by atoms with van der Waals surface area (Å²) < 4.78 is 5.21. The molecule has 1 aromatic carbocycles. The number of amides is 1. The number of carbonyl (C=O) groups excluding carboxylic acids is 1. The zero-order chi connectivity index (χ0) is 17.2. The van der Waals surface area contributed by atoms with Gasteiger partial charge in [0.1, 0.15) is 5.75 Å². The van der Waals surface area contributed by atoms with Gasteiger partial charge in [0, 0.05) is 17.8 Å². The van der Waals surface area contributed by atoms with E-state index in [0.29, 0.717) is 22.0 Å². The number of rotatable bonds is 4. The summed E-state index contributed by atoms with van der Waals surface area (Å²) >= 11 is 1.36. The molecule has 4 rings (SSSR count). The van der Waals surface area contributed by atoms with Crippen molar-refractivity contribution in [2.75, 3.05) is 12.4 Å². The maximum atomic E-state index is 12.6. The van der Waals surface area contributed by atoms with Crippen molar-refractivity contribution in [3.05, 3.63) is 54.5 Å². The first kappa shape index (κ1) is 15.3. The molecule has 0 unspecified atom stereocenters. The number of methoxy groups -OCH3 is 1. The van der Waals surface area contributed by atoms with E-state index in [1.807, 2.05) is 30.3 Å². The monoisotopic (exact) mass is 351 g/mol. The minimum absolute atomic E-state index is 0.295. The second kappa shape index (κ2) is 6.33. The number of hydrogen-bond donors (Lipinski definition) is 2. The van der Waals surface area contributed by atoms with Crippen LogP contribution < -0.4 is 10.1 Å². The van der Waals surface area contributed by atoms with E-state index in [-0.39, 0.29) is 5.91 Å². The lowest BCUT2D eigenvalue weighted by Gasteiger charge is -2.01. The summed E-state index contributed by atoms with van der Waals surface area (Å²) in [7, 11) is 1.58. The van der Waals surface area contributed by atoms with E-state index in [4.69, 9.17) is 4.74 Å². The normalized spacial score (nSPS) is 10.8. The van der Waals surface area contributed by atoms with Crippen LogP contribution in [0.2, 0.25) is 0 Å². The number of H-pyrrole nitrogens is 1. The van der Waals surface area contributed by atoms with E-state index in [1.165, 1.54) is 11.3 Å². The molecule has 0 aliphatic heterocycles. The summed E-state index contributed by atoms with van der Waals surface area (Å²) in [4.78, 5) is 21.9. The Labute approximate surface area is 146 Å². The Bertz CT molecular complexity index is 1040. The third-order valence-electron chi connectivity index (χ3n) is 3.63. The van der Waals surface area contributed by atoms with Crippen molar-refractivity contribution >= 4 is 33.3 Å². The number of aromatic nitrogens is 4. The quantitative estimate of drug-likeness (QED) is 0.588. The number of thiazole rings is 1. The van der Waals surface area contributed by atoms with Crippen LogP contribution in [0.4, 0.5) is 5.13 Å². The summed E-state index contributed by atoms with van der Waals surface area (Å²) in [5.74, 6) is 0.330. The lowest BCUT2D eigenvalue weighted by molar-refractivity contribution is 0.102. The largest absolute Gasteiger partial charge is 0.497 e. The predicted molar refractivity (Wildman–Crippen MR) is 95.9 cm³/mol. The summed E-state index contributed by atoms with van der Waals surface area (Å²) in [6, 6.07) is 11.1. The van der Waals surface area contributed by atoms with Crippen LogP contribution >= 0.6 is 11.3 Å². The molecule has 0 aliphatic rings. The molecule has 1 amide bonds. The highest BCUT2D eigenvalue weighted by atomic mass is 32.1. The average molecular weight is 351 g/mol. The number of benzene rings is 1. The molecule has 0 aliphatic carbocycles. The minimum Gasteiger partial charge on any atom is -0.497 e. The van der Waals surface area contributed by atoms with E-state index in [2.05, 4.69) is 25.5 Å². The van der Waals surface area contributed by atoms with Gasteiger partial charge in [0.05, 0.1) is 23.2 Å². The van der Waals surface area contributed by atoms with Crippen LogP contribution in [-0.2, 0) is 0 Å². The molecular formula is C17H13N5O2S. The summed E-state index contributed by atoms with van der Waals surface area (Å²) in [5.41, 5.74) is 1.87. The van der Waals surface area contributed by atoms with Crippen molar-refractivity contribution in [3.63, 3.8) is 0 Å². The van der Waals surface area contributed by atoms with Crippen LogP contribution in [0, 0.1) is 0 Å². The van der Waals surface area contributed by atoms with Gasteiger partial charge in [0.2, 0.25) is 0 Å². The fourth-order valence-electron chi connectivity index (χ4n) is 2.41. The molecule has 7 nitrogen and oxygen atoms in total. The van der Waals surface area contributed by atoms with Gasteiger partial charge < -0.3 is 4.74 Å². The molecule has 3 aromatic heterocycles. The Balaban J connectivity index is 1.59. The molecule has 0 radical (unpaired) electrons. The van der Waals surface area contributed by atoms with Crippen LogP contribution in [0.3, 0.4) is 0 Å². The zero-order valence-corrected chi connectivity index (χ0v) is 14.0. The molecule has 0 fully saturated rings. The van der Waals surface area contributed by atoms with E-state index in [1.54, 1.807) is 25.6 Å². The van der Waals surface area contributed by atoms with Gasteiger partial charge in [-0.1, -0.05) is 17.4 Å². The fourth-order valence-corrected chi connectivity index (χ4v) is 3.20. The molecular weight excluding hydrogens is 338 g/mol. The number of nitrogens with zero attached hydrogens (tertiary/aromatic N) is 3. The van der Waals surface area contributed by atoms with Crippen molar-refractivity contribution in [3.8, 4) is 16.3 Å². The van der Waals surface area contributed by atoms with Gasteiger partial charge in [-0.3, -0.25) is 20.2 Å².